The summed E-state index contributed by atoms with van der Waals surface area (Å²) in [5, 5.41) is 26.0. The summed E-state index contributed by atoms with van der Waals surface area (Å²) >= 11 is 1.31. The number of benzene rings is 2. The monoisotopic (exact) mass is 289 g/mol. The first-order valence-corrected chi connectivity index (χ1v) is 6.38. The molecule has 0 N–H and O–H groups in total. The highest BCUT2D eigenvalue weighted by Gasteiger charge is 2.26. The van der Waals surface area contributed by atoms with Gasteiger partial charge in [-0.3, -0.25) is 14.7 Å². The summed E-state index contributed by atoms with van der Waals surface area (Å²) in [6, 6.07) is 12.2. The smallest absolute Gasteiger partial charge is 0.327 e. The van der Waals surface area contributed by atoms with E-state index in [1.807, 2.05) is 30.3 Å². The average Bonchev–Trinajstić information content (AvgIpc) is 2.83. The number of aromatic nitrogens is 2. The van der Waals surface area contributed by atoms with Crippen molar-refractivity contribution >= 4 is 28.5 Å². The Kier molecular flexibility index (Phi) is 2.99. The SMILES string of the molecule is O=[N+]([O-])c1ccc(Sc2ccccc2)c2c1no[n+]2[O-]. The first kappa shape index (κ1) is 12.4. The number of nitrogens with zero attached hydrogens (tertiary/aromatic N) is 3. The minimum absolute atomic E-state index is 0.0501. The summed E-state index contributed by atoms with van der Waals surface area (Å²) in [6.07, 6.45) is 0. The van der Waals surface area contributed by atoms with Crippen LogP contribution in [0.15, 0.2) is 56.9 Å². The molecule has 7 nitrogen and oxygen atoms in total. The zero-order valence-electron chi connectivity index (χ0n) is 9.92. The Morgan fingerprint density at radius 3 is 2.65 bits per heavy atom. The van der Waals surface area contributed by atoms with Crippen LogP contribution in [0.25, 0.3) is 11.0 Å². The van der Waals surface area contributed by atoms with E-state index in [9.17, 15) is 15.3 Å². The van der Waals surface area contributed by atoms with E-state index in [1.54, 1.807) is 0 Å². The summed E-state index contributed by atoms with van der Waals surface area (Å²) in [6.45, 7) is 0. The molecule has 0 unspecified atom stereocenters. The standard InChI is InChI=1S/C12H7N3O4S/c16-14(17)9-6-7-10(12-11(9)13-19-15(12)18)20-8-4-2-1-3-5-8/h1-7H. The van der Waals surface area contributed by atoms with Crippen LogP contribution < -0.4 is 4.90 Å². The van der Waals surface area contributed by atoms with Crippen LogP contribution in [0.5, 0.6) is 0 Å². The van der Waals surface area contributed by atoms with E-state index in [0.29, 0.717) is 4.90 Å². The van der Waals surface area contributed by atoms with Crippen LogP contribution in [-0.4, -0.2) is 10.1 Å². The lowest BCUT2D eigenvalue weighted by Gasteiger charge is -2.01. The molecule has 0 aliphatic carbocycles. The van der Waals surface area contributed by atoms with E-state index in [2.05, 4.69) is 9.79 Å². The molecule has 0 fully saturated rings. The molecule has 0 saturated heterocycles. The van der Waals surface area contributed by atoms with Crippen molar-refractivity contribution in [3.63, 3.8) is 0 Å². The second-order valence-corrected chi connectivity index (χ2v) is 5.00. The molecule has 3 rings (SSSR count). The number of rotatable bonds is 3. The molecule has 20 heavy (non-hydrogen) atoms. The zero-order valence-corrected chi connectivity index (χ0v) is 10.7. The normalized spacial score (nSPS) is 10.8. The van der Waals surface area contributed by atoms with Crippen LogP contribution in [-0.2, 0) is 0 Å². The van der Waals surface area contributed by atoms with E-state index in [-0.39, 0.29) is 21.6 Å². The van der Waals surface area contributed by atoms with Crippen molar-refractivity contribution in [3.8, 4) is 0 Å². The molecule has 0 aliphatic rings. The van der Waals surface area contributed by atoms with Crippen molar-refractivity contribution in [1.29, 1.82) is 0 Å². The van der Waals surface area contributed by atoms with Gasteiger partial charge in [0.2, 0.25) is 5.52 Å². The number of hydrogen-bond donors (Lipinski definition) is 0. The third kappa shape index (κ3) is 2.05. The zero-order chi connectivity index (χ0) is 14.1. The Morgan fingerprint density at radius 1 is 1.20 bits per heavy atom. The second-order valence-electron chi connectivity index (χ2n) is 3.88. The van der Waals surface area contributed by atoms with Gasteiger partial charge in [0.15, 0.2) is 0 Å². The minimum atomic E-state index is -0.595. The van der Waals surface area contributed by atoms with Crippen LogP contribution in [0.1, 0.15) is 0 Å². The molecule has 0 amide bonds. The highest BCUT2D eigenvalue weighted by atomic mass is 32.2. The van der Waals surface area contributed by atoms with Crippen LogP contribution >= 0.6 is 11.8 Å². The highest BCUT2D eigenvalue weighted by molar-refractivity contribution is 7.99. The maximum absolute atomic E-state index is 11.6. The Labute approximate surface area is 116 Å². The van der Waals surface area contributed by atoms with Gasteiger partial charge < -0.3 is 5.21 Å². The van der Waals surface area contributed by atoms with Gasteiger partial charge in [0.25, 0.3) is 0 Å². The fourth-order valence-electron chi connectivity index (χ4n) is 1.78. The van der Waals surface area contributed by atoms with Crippen molar-refractivity contribution in [2.45, 2.75) is 9.79 Å². The van der Waals surface area contributed by atoms with Gasteiger partial charge in [-0.05, 0) is 23.1 Å². The van der Waals surface area contributed by atoms with Gasteiger partial charge in [-0.1, -0.05) is 30.0 Å². The Bertz CT molecular complexity index is 788. The summed E-state index contributed by atoms with van der Waals surface area (Å²) in [5.41, 5.74) is -0.241. The minimum Gasteiger partial charge on any atom is -0.359 e. The van der Waals surface area contributed by atoms with E-state index in [1.165, 1.54) is 23.9 Å². The van der Waals surface area contributed by atoms with Gasteiger partial charge in [0, 0.05) is 11.0 Å². The third-order valence-electron chi connectivity index (χ3n) is 2.65. The lowest BCUT2D eigenvalue weighted by atomic mass is 10.3. The van der Waals surface area contributed by atoms with Crippen molar-refractivity contribution in [2.75, 3.05) is 0 Å². The van der Waals surface area contributed by atoms with Gasteiger partial charge in [-0.15, -0.1) is 0 Å². The van der Waals surface area contributed by atoms with Crippen molar-refractivity contribution in [3.05, 3.63) is 57.8 Å². The highest BCUT2D eigenvalue weighted by Crippen LogP contribution is 2.34. The number of hydrogen-bond acceptors (Lipinski definition) is 6. The summed E-state index contributed by atoms with van der Waals surface area (Å²) in [7, 11) is 0. The number of non-ortho nitro benzene ring substituents is 1. The number of nitro groups is 1. The molecular weight excluding hydrogens is 282 g/mol. The fourth-order valence-corrected chi connectivity index (χ4v) is 2.73. The maximum atomic E-state index is 11.6. The predicted octanol–water partition coefficient (Wildman–Crippen LogP) is 2.52. The van der Waals surface area contributed by atoms with E-state index >= 15 is 0 Å². The second kappa shape index (κ2) is 4.82. The summed E-state index contributed by atoms with van der Waals surface area (Å²) in [5.74, 6) is 0. The molecule has 1 heterocycles. The molecule has 2 aromatic carbocycles. The van der Waals surface area contributed by atoms with Crippen LogP contribution in [0.4, 0.5) is 5.69 Å². The molecule has 3 aromatic rings. The maximum Gasteiger partial charge on any atom is 0.327 e. The first-order chi connectivity index (χ1) is 9.66. The Morgan fingerprint density at radius 2 is 1.95 bits per heavy atom. The largest absolute Gasteiger partial charge is 0.359 e. The third-order valence-corrected chi connectivity index (χ3v) is 3.71. The predicted molar refractivity (Wildman–Crippen MR) is 70.2 cm³/mol. The Balaban J connectivity index is 2.15. The molecule has 100 valence electrons. The van der Waals surface area contributed by atoms with Gasteiger partial charge >= 0.3 is 11.2 Å². The van der Waals surface area contributed by atoms with Crippen molar-refractivity contribution < 1.29 is 14.5 Å². The lowest BCUT2D eigenvalue weighted by Crippen LogP contribution is -2.23. The molecule has 8 heteroatoms. The van der Waals surface area contributed by atoms with Crippen molar-refractivity contribution in [1.82, 2.24) is 5.16 Å². The number of nitro benzene ring substituents is 1. The molecule has 1 aromatic heterocycles. The van der Waals surface area contributed by atoms with Crippen molar-refractivity contribution in [2.24, 2.45) is 0 Å². The topological polar surface area (TPSA) is 96.1 Å². The molecular formula is C12H7N3O4S. The van der Waals surface area contributed by atoms with Gasteiger partial charge in [0.05, 0.1) is 15.0 Å². The van der Waals surface area contributed by atoms with Crippen LogP contribution in [0.2, 0.25) is 0 Å². The number of fused-ring (bicyclic) bond motifs is 1. The molecule has 0 radical (unpaired) electrons. The summed E-state index contributed by atoms with van der Waals surface area (Å²) < 4.78 is 4.48. The van der Waals surface area contributed by atoms with Crippen LogP contribution in [0, 0.1) is 15.3 Å². The van der Waals surface area contributed by atoms with Gasteiger partial charge in [0.1, 0.15) is 0 Å². The van der Waals surface area contributed by atoms with Gasteiger partial charge in [-0.2, -0.15) is 0 Å². The van der Waals surface area contributed by atoms with Crippen LogP contribution in [0.3, 0.4) is 0 Å². The Hall–Kier alpha value is -2.61. The van der Waals surface area contributed by atoms with Gasteiger partial charge in [-0.25, -0.2) is 0 Å². The molecule has 0 aliphatic heterocycles. The average molecular weight is 289 g/mol. The fraction of sp³-hybridized carbons (Fsp3) is 0. The quantitative estimate of drug-likeness (QED) is 0.417. The molecule has 0 atom stereocenters. The molecule has 0 saturated carbocycles. The molecule has 0 spiro atoms. The van der Waals surface area contributed by atoms with E-state index in [0.717, 1.165) is 4.90 Å². The molecule has 0 bridgehead atoms. The van der Waals surface area contributed by atoms with E-state index in [4.69, 9.17) is 0 Å². The van der Waals surface area contributed by atoms with E-state index < -0.39 is 4.92 Å². The lowest BCUT2D eigenvalue weighted by molar-refractivity contribution is -0.783. The first-order valence-electron chi connectivity index (χ1n) is 5.56. The summed E-state index contributed by atoms with van der Waals surface area (Å²) in [4.78, 5) is 11.9.